The third kappa shape index (κ3) is 4.68. The zero-order valence-electron chi connectivity index (χ0n) is 15.9. The highest BCUT2D eigenvalue weighted by Crippen LogP contribution is 2.47. The van der Waals surface area contributed by atoms with E-state index in [2.05, 4.69) is 12.1 Å². The average molecular weight is 407 g/mol. The lowest BCUT2D eigenvalue weighted by atomic mass is 10.00. The van der Waals surface area contributed by atoms with Gasteiger partial charge in [0.15, 0.2) is 6.29 Å². The Balaban J connectivity index is 1.78. The lowest BCUT2D eigenvalue weighted by Crippen LogP contribution is -2.35. The van der Waals surface area contributed by atoms with Gasteiger partial charge in [-0.05, 0) is 48.2 Å². The standard InChI is InChI=1S/C21H26O6S/c1-12(23)17(11-22)27-20(21(24)25)14-5-8-18-15(9-14)10-19(28-18)13-3-6-16(26-2)7-4-13/h3-9,12,17,19-25H,10-11H2,1-2H3. The van der Waals surface area contributed by atoms with Crippen molar-refractivity contribution < 1.29 is 29.9 Å². The Bertz CT molecular complexity index is 777. The van der Waals surface area contributed by atoms with Crippen molar-refractivity contribution in [1.29, 1.82) is 0 Å². The van der Waals surface area contributed by atoms with Crippen LogP contribution in [0.3, 0.4) is 0 Å². The molecule has 0 fully saturated rings. The molecule has 28 heavy (non-hydrogen) atoms. The molecule has 0 aliphatic carbocycles. The fourth-order valence-corrected chi connectivity index (χ4v) is 4.57. The molecule has 6 nitrogen and oxygen atoms in total. The molecule has 1 aliphatic heterocycles. The molecule has 0 saturated heterocycles. The number of benzene rings is 2. The van der Waals surface area contributed by atoms with Gasteiger partial charge >= 0.3 is 0 Å². The first kappa shape index (κ1) is 21.1. The predicted octanol–water partition coefficient (Wildman–Crippen LogP) is 2.19. The van der Waals surface area contributed by atoms with Crippen LogP contribution >= 0.6 is 11.8 Å². The lowest BCUT2D eigenvalue weighted by Gasteiger charge is -2.27. The molecular formula is C21H26O6S. The second-order valence-electron chi connectivity index (χ2n) is 6.88. The molecule has 3 rings (SSSR count). The Hall–Kier alpha value is -1.61. The van der Waals surface area contributed by atoms with Gasteiger partial charge in [-0.3, -0.25) is 0 Å². The largest absolute Gasteiger partial charge is 0.497 e. The molecule has 2 aromatic carbocycles. The molecule has 0 aromatic heterocycles. The van der Waals surface area contributed by atoms with Crippen molar-refractivity contribution in [3.05, 3.63) is 59.2 Å². The molecule has 0 spiro atoms. The van der Waals surface area contributed by atoms with Crippen molar-refractivity contribution in [2.75, 3.05) is 13.7 Å². The van der Waals surface area contributed by atoms with E-state index in [9.17, 15) is 20.4 Å². The topological polar surface area (TPSA) is 99.4 Å². The summed E-state index contributed by atoms with van der Waals surface area (Å²) in [7, 11) is 1.64. The van der Waals surface area contributed by atoms with Crippen molar-refractivity contribution in [2.24, 2.45) is 0 Å². The summed E-state index contributed by atoms with van der Waals surface area (Å²) >= 11 is 1.77. The number of ether oxygens (including phenoxy) is 2. The summed E-state index contributed by atoms with van der Waals surface area (Å²) in [5.41, 5.74) is 2.91. The predicted molar refractivity (Wildman–Crippen MR) is 106 cm³/mol. The summed E-state index contributed by atoms with van der Waals surface area (Å²) in [6, 6.07) is 13.7. The third-order valence-electron chi connectivity index (χ3n) is 4.89. The van der Waals surface area contributed by atoms with Crippen LogP contribution in [-0.4, -0.2) is 52.6 Å². The first-order chi connectivity index (χ1) is 13.4. The molecular weight excluding hydrogens is 380 g/mol. The molecule has 7 heteroatoms. The first-order valence-corrected chi connectivity index (χ1v) is 10.0. The average Bonchev–Trinajstić information content (AvgIpc) is 3.11. The fourth-order valence-electron chi connectivity index (χ4n) is 3.27. The van der Waals surface area contributed by atoms with E-state index in [0.29, 0.717) is 5.56 Å². The van der Waals surface area contributed by atoms with E-state index >= 15 is 0 Å². The van der Waals surface area contributed by atoms with E-state index in [1.165, 1.54) is 12.5 Å². The maximum absolute atomic E-state index is 9.77. The molecule has 152 valence electrons. The zero-order chi connectivity index (χ0) is 20.3. The molecule has 4 N–H and O–H groups in total. The quantitative estimate of drug-likeness (QED) is 0.499. The summed E-state index contributed by atoms with van der Waals surface area (Å²) in [5, 5.41) is 38.9. The van der Waals surface area contributed by atoms with Crippen LogP contribution in [0.2, 0.25) is 0 Å². The van der Waals surface area contributed by atoms with Gasteiger partial charge in [0, 0.05) is 10.1 Å². The smallest absolute Gasteiger partial charge is 0.182 e. The summed E-state index contributed by atoms with van der Waals surface area (Å²) < 4.78 is 10.8. The second-order valence-corrected chi connectivity index (χ2v) is 8.13. The van der Waals surface area contributed by atoms with E-state index in [4.69, 9.17) is 9.47 Å². The highest BCUT2D eigenvalue weighted by Gasteiger charge is 2.29. The van der Waals surface area contributed by atoms with Crippen LogP contribution in [-0.2, 0) is 11.2 Å². The molecule has 4 atom stereocenters. The number of rotatable bonds is 8. The normalized spacial score (nSPS) is 19.3. The van der Waals surface area contributed by atoms with Gasteiger partial charge in [-0.1, -0.05) is 24.3 Å². The molecule has 0 saturated carbocycles. The van der Waals surface area contributed by atoms with Crippen LogP contribution in [0.5, 0.6) is 5.75 Å². The van der Waals surface area contributed by atoms with Crippen molar-refractivity contribution >= 4 is 11.8 Å². The molecule has 4 unspecified atom stereocenters. The number of methoxy groups -OCH3 is 1. The zero-order valence-corrected chi connectivity index (χ0v) is 16.7. The van der Waals surface area contributed by atoms with Crippen molar-refractivity contribution in [2.45, 2.75) is 48.1 Å². The van der Waals surface area contributed by atoms with Crippen LogP contribution < -0.4 is 4.74 Å². The third-order valence-corrected chi connectivity index (χ3v) is 6.26. The molecule has 0 amide bonds. The van der Waals surface area contributed by atoms with Gasteiger partial charge < -0.3 is 29.9 Å². The van der Waals surface area contributed by atoms with Gasteiger partial charge in [0.1, 0.15) is 18.0 Å². The molecule has 1 aliphatic rings. The number of hydrogen-bond donors (Lipinski definition) is 4. The minimum Gasteiger partial charge on any atom is -0.497 e. The minimum atomic E-state index is -1.77. The summed E-state index contributed by atoms with van der Waals surface area (Å²) in [6.45, 7) is 1.07. The number of fused-ring (bicyclic) bond motifs is 1. The Morgan fingerprint density at radius 2 is 1.82 bits per heavy atom. The molecule has 0 bridgehead atoms. The number of aliphatic hydroxyl groups excluding tert-OH is 3. The number of hydrogen-bond acceptors (Lipinski definition) is 7. The van der Waals surface area contributed by atoms with E-state index < -0.39 is 31.2 Å². The van der Waals surface area contributed by atoms with Gasteiger partial charge in [0.05, 0.1) is 19.8 Å². The SMILES string of the molecule is COc1ccc(C2Cc3cc(C(OC(CO)C(C)O)C(O)O)ccc3S2)cc1. The fraction of sp³-hybridized carbons (Fsp3) is 0.429. The minimum absolute atomic E-state index is 0.275. The monoisotopic (exact) mass is 406 g/mol. The van der Waals surface area contributed by atoms with Gasteiger partial charge in [0.25, 0.3) is 0 Å². The molecule has 1 heterocycles. The Morgan fingerprint density at radius 1 is 1.11 bits per heavy atom. The van der Waals surface area contributed by atoms with Crippen LogP contribution in [0, 0.1) is 0 Å². The van der Waals surface area contributed by atoms with Gasteiger partial charge in [-0.25, -0.2) is 0 Å². The van der Waals surface area contributed by atoms with Gasteiger partial charge in [-0.15, -0.1) is 11.8 Å². The van der Waals surface area contributed by atoms with Gasteiger partial charge in [-0.2, -0.15) is 0 Å². The highest BCUT2D eigenvalue weighted by molar-refractivity contribution is 7.99. The van der Waals surface area contributed by atoms with E-state index in [1.54, 1.807) is 24.9 Å². The van der Waals surface area contributed by atoms with Crippen LogP contribution in [0.4, 0.5) is 0 Å². The summed E-state index contributed by atoms with van der Waals surface area (Å²) in [4.78, 5) is 1.14. The van der Waals surface area contributed by atoms with Crippen LogP contribution in [0.1, 0.15) is 35.0 Å². The van der Waals surface area contributed by atoms with Crippen LogP contribution in [0.15, 0.2) is 47.4 Å². The lowest BCUT2D eigenvalue weighted by molar-refractivity contribution is -0.188. The summed E-state index contributed by atoms with van der Waals surface area (Å²) in [6.07, 6.45) is -3.84. The van der Waals surface area contributed by atoms with E-state index in [0.717, 1.165) is 22.6 Å². The van der Waals surface area contributed by atoms with Crippen molar-refractivity contribution in [3.8, 4) is 5.75 Å². The highest BCUT2D eigenvalue weighted by atomic mass is 32.2. The molecule has 0 radical (unpaired) electrons. The molecule has 2 aromatic rings. The Labute approximate surface area is 168 Å². The maximum atomic E-state index is 9.77. The van der Waals surface area contributed by atoms with Crippen LogP contribution in [0.25, 0.3) is 0 Å². The number of thioether (sulfide) groups is 1. The van der Waals surface area contributed by atoms with E-state index in [-0.39, 0.29) is 5.25 Å². The Kier molecular flexibility index (Phi) is 6.98. The summed E-state index contributed by atoms with van der Waals surface area (Å²) in [5.74, 6) is 0.819. The number of aliphatic hydroxyl groups is 4. The Morgan fingerprint density at radius 3 is 2.39 bits per heavy atom. The second kappa shape index (κ2) is 9.26. The first-order valence-electron chi connectivity index (χ1n) is 9.17. The van der Waals surface area contributed by atoms with Gasteiger partial charge in [0.2, 0.25) is 0 Å². The van der Waals surface area contributed by atoms with Crippen molar-refractivity contribution in [3.63, 3.8) is 0 Å². The maximum Gasteiger partial charge on any atom is 0.182 e. The van der Waals surface area contributed by atoms with E-state index in [1.807, 2.05) is 24.3 Å². The van der Waals surface area contributed by atoms with Crippen molar-refractivity contribution in [1.82, 2.24) is 0 Å².